The van der Waals surface area contributed by atoms with Crippen LogP contribution in [0.4, 0.5) is 11.5 Å². The van der Waals surface area contributed by atoms with E-state index in [1.54, 1.807) is 0 Å². The molecular formula is C11H14N4O. The average molecular weight is 218 g/mol. The second kappa shape index (κ2) is 3.45. The van der Waals surface area contributed by atoms with Crippen molar-refractivity contribution in [3.8, 4) is 0 Å². The van der Waals surface area contributed by atoms with Gasteiger partial charge in [-0.3, -0.25) is 4.79 Å². The first-order chi connectivity index (χ1) is 7.75. The molecule has 1 aromatic heterocycles. The van der Waals surface area contributed by atoms with Crippen LogP contribution in [0, 0.1) is 6.92 Å². The van der Waals surface area contributed by atoms with Crippen molar-refractivity contribution in [2.24, 2.45) is 0 Å². The molecule has 1 atom stereocenters. The van der Waals surface area contributed by atoms with E-state index in [-0.39, 0.29) is 11.9 Å². The zero-order valence-corrected chi connectivity index (χ0v) is 9.16. The van der Waals surface area contributed by atoms with Gasteiger partial charge in [-0.15, -0.1) is 0 Å². The number of rotatable bonds is 0. The Balaban J connectivity index is 2.06. The zero-order valence-electron chi connectivity index (χ0n) is 9.16. The van der Waals surface area contributed by atoms with E-state index in [0.29, 0.717) is 6.54 Å². The van der Waals surface area contributed by atoms with Gasteiger partial charge in [0.1, 0.15) is 6.04 Å². The Morgan fingerprint density at radius 3 is 3.31 bits per heavy atom. The third-order valence-corrected chi connectivity index (χ3v) is 3.08. The lowest BCUT2D eigenvalue weighted by atomic mass is 10.1. The lowest BCUT2D eigenvalue weighted by Crippen LogP contribution is -2.59. The number of hydrogen-bond donors (Lipinski definition) is 2. The molecule has 84 valence electrons. The number of pyridine rings is 1. The molecule has 2 N–H and O–H groups in total. The quantitative estimate of drug-likeness (QED) is 0.649. The van der Waals surface area contributed by atoms with Crippen molar-refractivity contribution in [1.82, 2.24) is 10.3 Å². The van der Waals surface area contributed by atoms with Crippen molar-refractivity contribution in [2.45, 2.75) is 13.0 Å². The Labute approximate surface area is 93.9 Å². The van der Waals surface area contributed by atoms with E-state index in [4.69, 9.17) is 0 Å². The van der Waals surface area contributed by atoms with E-state index in [9.17, 15) is 4.79 Å². The maximum atomic E-state index is 11.9. The van der Waals surface area contributed by atoms with Crippen molar-refractivity contribution in [3.05, 3.63) is 17.8 Å². The number of fused-ring (bicyclic) bond motifs is 3. The fourth-order valence-corrected chi connectivity index (χ4v) is 2.29. The van der Waals surface area contributed by atoms with Gasteiger partial charge in [0.05, 0.1) is 5.69 Å². The van der Waals surface area contributed by atoms with Gasteiger partial charge in [-0.2, -0.15) is 0 Å². The minimum Gasteiger partial charge on any atom is -0.340 e. The summed E-state index contributed by atoms with van der Waals surface area (Å²) in [5.74, 6) is 0.962. The molecule has 0 aliphatic carbocycles. The highest BCUT2D eigenvalue weighted by molar-refractivity contribution is 6.03. The molecule has 0 saturated carbocycles. The predicted molar refractivity (Wildman–Crippen MR) is 61.6 cm³/mol. The van der Waals surface area contributed by atoms with Gasteiger partial charge in [0.15, 0.2) is 5.82 Å². The van der Waals surface area contributed by atoms with E-state index in [1.807, 2.05) is 19.2 Å². The summed E-state index contributed by atoms with van der Waals surface area (Å²) in [5.41, 5.74) is 1.90. The van der Waals surface area contributed by atoms with Gasteiger partial charge in [0, 0.05) is 25.8 Å². The van der Waals surface area contributed by atoms with Crippen molar-refractivity contribution in [2.75, 3.05) is 29.9 Å². The van der Waals surface area contributed by atoms with Crippen LogP contribution in [0.5, 0.6) is 0 Å². The number of hydrogen-bond acceptors (Lipinski definition) is 4. The largest absolute Gasteiger partial charge is 0.340 e. The Morgan fingerprint density at radius 1 is 1.56 bits per heavy atom. The van der Waals surface area contributed by atoms with Crippen LogP contribution < -0.4 is 15.5 Å². The third-order valence-electron chi connectivity index (χ3n) is 3.08. The smallest absolute Gasteiger partial charge is 0.248 e. The Bertz CT molecular complexity index is 446. The van der Waals surface area contributed by atoms with Crippen LogP contribution in [-0.4, -0.2) is 36.6 Å². The summed E-state index contributed by atoms with van der Waals surface area (Å²) in [6, 6.07) is 1.86. The van der Waals surface area contributed by atoms with Crippen molar-refractivity contribution in [1.29, 1.82) is 0 Å². The molecular weight excluding hydrogens is 204 g/mol. The Hall–Kier alpha value is -1.62. The maximum absolute atomic E-state index is 11.9. The number of nitrogens with zero attached hydrogens (tertiary/aromatic N) is 2. The molecule has 2 aliphatic heterocycles. The molecule has 1 aromatic rings. The minimum absolute atomic E-state index is 0.0621. The average Bonchev–Trinajstić information content (AvgIpc) is 2.29. The van der Waals surface area contributed by atoms with Gasteiger partial charge >= 0.3 is 0 Å². The van der Waals surface area contributed by atoms with Gasteiger partial charge in [0.2, 0.25) is 5.91 Å². The Morgan fingerprint density at radius 2 is 2.44 bits per heavy atom. The summed E-state index contributed by atoms with van der Waals surface area (Å²) in [5, 5.41) is 6.14. The standard InChI is InChI=1S/C11H14N4O/c1-7-4-8-10(13-5-7)15-3-2-12-6-9(15)11(16)14-8/h4-5,9,12H,2-3,6H2,1H3,(H,14,16). The highest BCUT2D eigenvalue weighted by atomic mass is 16.2. The third kappa shape index (κ3) is 1.36. The van der Waals surface area contributed by atoms with Crippen molar-refractivity contribution >= 4 is 17.4 Å². The van der Waals surface area contributed by atoms with Crippen LogP contribution in [0.3, 0.4) is 0 Å². The number of carbonyl (C=O) groups excluding carboxylic acids is 1. The van der Waals surface area contributed by atoms with Crippen molar-refractivity contribution in [3.63, 3.8) is 0 Å². The van der Waals surface area contributed by atoms with Crippen LogP contribution in [0.25, 0.3) is 0 Å². The predicted octanol–water partition coefficient (Wildman–Crippen LogP) is 0.120. The SMILES string of the molecule is Cc1cnc2c(c1)NC(=O)C1CNCCN21. The molecule has 1 unspecified atom stereocenters. The van der Waals surface area contributed by atoms with E-state index >= 15 is 0 Å². The normalized spacial score (nSPS) is 23.4. The summed E-state index contributed by atoms with van der Waals surface area (Å²) in [4.78, 5) is 18.4. The summed E-state index contributed by atoms with van der Waals surface area (Å²) >= 11 is 0. The highest BCUT2D eigenvalue weighted by Crippen LogP contribution is 2.30. The zero-order chi connectivity index (χ0) is 11.1. The Kier molecular flexibility index (Phi) is 2.07. The van der Waals surface area contributed by atoms with Gasteiger partial charge < -0.3 is 15.5 Å². The van der Waals surface area contributed by atoms with Gasteiger partial charge in [-0.1, -0.05) is 0 Å². The summed E-state index contributed by atoms with van der Waals surface area (Å²) in [6.07, 6.45) is 1.84. The van der Waals surface area contributed by atoms with E-state index in [2.05, 4.69) is 20.5 Å². The van der Waals surface area contributed by atoms with Crippen LogP contribution in [0.15, 0.2) is 12.3 Å². The van der Waals surface area contributed by atoms with Crippen molar-refractivity contribution < 1.29 is 4.79 Å². The first-order valence-electron chi connectivity index (χ1n) is 5.50. The monoisotopic (exact) mass is 218 g/mol. The highest BCUT2D eigenvalue weighted by Gasteiger charge is 2.35. The molecule has 0 radical (unpaired) electrons. The number of aromatic nitrogens is 1. The second-order valence-electron chi connectivity index (χ2n) is 4.29. The lowest BCUT2D eigenvalue weighted by molar-refractivity contribution is -0.117. The summed E-state index contributed by atoms with van der Waals surface area (Å²) < 4.78 is 0. The van der Waals surface area contributed by atoms with Gasteiger partial charge in [-0.25, -0.2) is 4.98 Å². The van der Waals surface area contributed by atoms with Gasteiger partial charge in [0.25, 0.3) is 0 Å². The molecule has 3 rings (SSSR count). The molecule has 0 aromatic carbocycles. The molecule has 0 bridgehead atoms. The van der Waals surface area contributed by atoms with Crippen LogP contribution in [0.2, 0.25) is 0 Å². The number of piperazine rings is 1. The summed E-state index contributed by atoms with van der Waals surface area (Å²) in [7, 11) is 0. The minimum atomic E-state index is -0.114. The number of carbonyl (C=O) groups is 1. The molecule has 0 spiro atoms. The van der Waals surface area contributed by atoms with Crippen LogP contribution in [-0.2, 0) is 4.79 Å². The molecule has 1 saturated heterocycles. The number of nitrogens with one attached hydrogen (secondary N) is 2. The number of aryl methyl sites for hydroxylation is 1. The van der Waals surface area contributed by atoms with Crippen LogP contribution >= 0.6 is 0 Å². The molecule has 16 heavy (non-hydrogen) atoms. The second-order valence-corrected chi connectivity index (χ2v) is 4.29. The molecule has 1 amide bonds. The van der Waals surface area contributed by atoms with Crippen LogP contribution in [0.1, 0.15) is 5.56 Å². The first-order valence-corrected chi connectivity index (χ1v) is 5.50. The van der Waals surface area contributed by atoms with E-state index < -0.39 is 0 Å². The summed E-state index contributed by atoms with van der Waals surface area (Å²) in [6.45, 7) is 4.41. The molecule has 5 nitrogen and oxygen atoms in total. The first kappa shape index (κ1) is 9.59. The topological polar surface area (TPSA) is 57.3 Å². The fourth-order valence-electron chi connectivity index (χ4n) is 2.29. The lowest BCUT2D eigenvalue weighted by Gasteiger charge is -2.40. The fraction of sp³-hybridized carbons (Fsp3) is 0.455. The van der Waals surface area contributed by atoms with E-state index in [1.165, 1.54) is 0 Å². The maximum Gasteiger partial charge on any atom is 0.248 e. The molecule has 2 aliphatic rings. The molecule has 1 fully saturated rings. The number of amides is 1. The van der Waals surface area contributed by atoms with E-state index in [0.717, 1.165) is 30.2 Å². The van der Waals surface area contributed by atoms with Gasteiger partial charge in [-0.05, 0) is 18.6 Å². The number of anilines is 2. The molecule has 5 heteroatoms. The molecule has 3 heterocycles.